The van der Waals surface area contributed by atoms with Gasteiger partial charge in [-0.2, -0.15) is 5.26 Å². The summed E-state index contributed by atoms with van der Waals surface area (Å²) in [7, 11) is 0. The van der Waals surface area contributed by atoms with E-state index in [1.165, 1.54) is 12.1 Å². The summed E-state index contributed by atoms with van der Waals surface area (Å²) < 4.78 is 31.3. The Morgan fingerprint density at radius 3 is 2.72 bits per heavy atom. The van der Waals surface area contributed by atoms with E-state index in [4.69, 9.17) is 15.7 Å². The first-order chi connectivity index (χ1) is 8.60. The number of nitrogens with two attached hydrogens (primary N) is 1. The number of benzene rings is 1. The summed E-state index contributed by atoms with van der Waals surface area (Å²) in [5.41, 5.74) is 5.62. The average molecular weight is 247 g/mol. The lowest BCUT2D eigenvalue weighted by Gasteiger charge is -2.06. The van der Waals surface area contributed by atoms with E-state index in [1.807, 2.05) is 0 Å². The molecule has 0 amide bonds. The van der Waals surface area contributed by atoms with Crippen LogP contribution in [-0.2, 0) is 0 Å². The Kier molecular flexibility index (Phi) is 3.06. The van der Waals surface area contributed by atoms with E-state index in [0.717, 1.165) is 18.2 Å². The van der Waals surface area contributed by atoms with E-state index in [-0.39, 0.29) is 23.0 Å². The molecule has 0 radical (unpaired) electrons. The van der Waals surface area contributed by atoms with Gasteiger partial charge in [-0.15, -0.1) is 0 Å². The Bertz CT molecular complexity index is 638. The zero-order valence-electron chi connectivity index (χ0n) is 9.02. The van der Waals surface area contributed by atoms with Gasteiger partial charge in [-0.1, -0.05) is 0 Å². The van der Waals surface area contributed by atoms with Gasteiger partial charge in [0.1, 0.15) is 11.9 Å². The van der Waals surface area contributed by atoms with Crippen LogP contribution in [0.1, 0.15) is 5.69 Å². The van der Waals surface area contributed by atoms with Gasteiger partial charge in [0.05, 0.1) is 5.69 Å². The van der Waals surface area contributed by atoms with Crippen LogP contribution in [0.3, 0.4) is 0 Å². The fraction of sp³-hybridized carbons (Fsp3) is 0. The van der Waals surface area contributed by atoms with Gasteiger partial charge in [0.25, 0.3) is 0 Å². The molecule has 6 heteroatoms. The minimum atomic E-state index is -0.728. The zero-order valence-corrected chi connectivity index (χ0v) is 9.02. The van der Waals surface area contributed by atoms with Crippen molar-refractivity contribution in [3.63, 3.8) is 0 Å². The Balaban J connectivity index is 2.34. The molecule has 0 unspecified atom stereocenters. The van der Waals surface area contributed by atoms with Crippen molar-refractivity contribution in [1.82, 2.24) is 4.98 Å². The maximum Gasteiger partial charge on any atom is 0.220 e. The molecule has 0 spiro atoms. The highest BCUT2D eigenvalue weighted by molar-refractivity contribution is 5.51. The minimum absolute atomic E-state index is 0.0368. The van der Waals surface area contributed by atoms with Crippen LogP contribution in [0.2, 0.25) is 0 Å². The Morgan fingerprint density at radius 2 is 2.00 bits per heavy atom. The number of pyridine rings is 1. The van der Waals surface area contributed by atoms with Gasteiger partial charge in [-0.05, 0) is 18.2 Å². The van der Waals surface area contributed by atoms with Crippen LogP contribution >= 0.6 is 0 Å². The summed E-state index contributed by atoms with van der Waals surface area (Å²) in [6, 6.07) is 7.32. The first-order valence-electron chi connectivity index (χ1n) is 4.89. The molecule has 0 atom stereocenters. The molecule has 0 saturated carbocycles. The molecule has 2 rings (SSSR count). The van der Waals surface area contributed by atoms with Crippen molar-refractivity contribution in [3.8, 4) is 17.7 Å². The molecular formula is C12H7F2N3O. The second-order valence-corrected chi connectivity index (χ2v) is 3.38. The smallest absolute Gasteiger partial charge is 0.220 e. The number of anilines is 1. The van der Waals surface area contributed by atoms with Gasteiger partial charge in [-0.25, -0.2) is 13.8 Å². The van der Waals surface area contributed by atoms with E-state index < -0.39 is 11.6 Å². The normalized spacial score (nSPS) is 9.83. The van der Waals surface area contributed by atoms with E-state index in [1.54, 1.807) is 6.07 Å². The average Bonchev–Trinajstić information content (AvgIpc) is 2.36. The molecule has 1 aromatic heterocycles. The molecule has 0 saturated heterocycles. The number of ether oxygens (including phenoxy) is 1. The predicted octanol–water partition coefficient (Wildman–Crippen LogP) is 2.61. The highest BCUT2D eigenvalue weighted by Crippen LogP contribution is 2.25. The predicted molar refractivity (Wildman–Crippen MR) is 59.8 cm³/mol. The highest BCUT2D eigenvalue weighted by atomic mass is 19.1. The number of nitriles is 1. The molecule has 1 heterocycles. The summed E-state index contributed by atoms with van der Waals surface area (Å²) in [5, 5.41) is 8.73. The van der Waals surface area contributed by atoms with Crippen molar-refractivity contribution in [3.05, 3.63) is 47.7 Å². The molecule has 0 aliphatic carbocycles. The lowest BCUT2D eigenvalue weighted by atomic mass is 10.3. The van der Waals surface area contributed by atoms with Crippen molar-refractivity contribution in [2.45, 2.75) is 0 Å². The molecule has 0 fully saturated rings. The number of halogens is 2. The Labute approximate surface area is 101 Å². The van der Waals surface area contributed by atoms with Gasteiger partial charge in [0.15, 0.2) is 17.3 Å². The molecule has 2 N–H and O–H groups in total. The maximum atomic E-state index is 13.3. The van der Waals surface area contributed by atoms with Crippen LogP contribution in [0, 0.1) is 23.0 Å². The number of hydrogen-bond donors (Lipinski definition) is 1. The molecule has 0 aliphatic heterocycles. The van der Waals surface area contributed by atoms with Crippen molar-refractivity contribution >= 4 is 5.69 Å². The molecule has 1 aromatic carbocycles. The summed E-state index contributed by atoms with van der Waals surface area (Å²) >= 11 is 0. The molecule has 18 heavy (non-hydrogen) atoms. The van der Waals surface area contributed by atoms with Gasteiger partial charge in [0, 0.05) is 12.1 Å². The van der Waals surface area contributed by atoms with Crippen LogP contribution in [-0.4, -0.2) is 4.98 Å². The largest absolute Gasteiger partial charge is 0.436 e. The van der Waals surface area contributed by atoms with Crippen molar-refractivity contribution in [1.29, 1.82) is 5.26 Å². The molecular weight excluding hydrogens is 240 g/mol. The van der Waals surface area contributed by atoms with Crippen LogP contribution < -0.4 is 10.5 Å². The molecule has 2 aromatic rings. The van der Waals surface area contributed by atoms with Crippen LogP contribution in [0.15, 0.2) is 30.3 Å². The molecule has 4 nitrogen and oxygen atoms in total. The number of aromatic nitrogens is 1. The van der Waals surface area contributed by atoms with E-state index in [9.17, 15) is 8.78 Å². The SMILES string of the molecule is N#Cc1nc(Oc2cc(F)ccc2F)ccc1N. The zero-order chi connectivity index (χ0) is 13.1. The van der Waals surface area contributed by atoms with Crippen molar-refractivity contribution in [2.75, 3.05) is 5.73 Å². The first-order valence-corrected chi connectivity index (χ1v) is 4.89. The van der Waals surface area contributed by atoms with E-state index in [2.05, 4.69) is 4.98 Å². The van der Waals surface area contributed by atoms with Crippen molar-refractivity contribution in [2.24, 2.45) is 0 Å². The van der Waals surface area contributed by atoms with Crippen LogP contribution in [0.5, 0.6) is 11.6 Å². The Morgan fingerprint density at radius 1 is 1.22 bits per heavy atom. The summed E-state index contributed by atoms with van der Waals surface area (Å²) in [6.07, 6.45) is 0. The third-order valence-electron chi connectivity index (χ3n) is 2.11. The molecule has 90 valence electrons. The quantitative estimate of drug-likeness (QED) is 0.885. The van der Waals surface area contributed by atoms with Gasteiger partial charge in [0.2, 0.25) is 5.88 Å². The topological polar surface area (TPSA) is 71.9 Å². The monoisotopic (exact) mass is 247 g/mol. The third kappa shape index (κ3) is 2.35. The van der Waals surface area contributed by atoms with E-state index >= 15 is 0 Å². The van der Waals surface area contributed by atoms with Gasteiger partial charge < -0.3 is 10.5 Å². The fourth-order valence-electron chi connectivity index (χ4n) is 1.27. The van der Waals surface area contributed by atoms with Crippen LogP contribution in [0.4, 0.5) is 14.5 Å². The summed E-state index contributed by atoms with van der Waals surface area (Å²) in [4.78, 5) is 3.76. The maximum absolute atomic E-state index is 13.3. The van der Waals surface area contributed by atoms with Gasteiger partial charge >= 0.3 is 0 Å². The number of nitrogen functional groups attached to an aromatic ring is 1. The Hall–Kier alpha value is -2.68. The highest BCUT2D eigenvalue weighted by Gasteiger charge is 2.09. The molecule has 0 aliphatic rings. The second-order valence-electron chi connectivity index (χ2n) is 3.38. The number of nitrogens with zero attached hydrogens (tertiary/aromatic N) is 2. The van der Waals surface area contributed by atoms with E-state index in [0.29, 0.717) is 0 Å². The number of hydrogen-bond acceptors (Lipinski definition) is 4. The lowest BCUT2D eigenvalue weighted by molar-refractivity contribution is 0.422. The lowest BCUT2D eigenvalue weighted by Crippen LogP contribution is -1.97. The first kappa shape index (κ1) is 11.8. The molecule has 0 bridgehead atoms. The summed E-state index contributed by atoms with van der Waals surface area (Å²) in [5.74, 6) is -1.71. The van der Waals surface area contributed by atoms with Gasteiger partial charge in [-0.3, -0.25) is 0 Å². The standard InChI is InChI=1S/C12H7F2N3O/c13-7-1-2-8(14)11(5-7)18-12-4-3-9(16)10(6-15)17-12/h1-5H,16H2. The third-order valence-corrected chi connectivity index (χ3v) is 2.11. The summed E-state index contributed by atoms with van der Waals surface area (Å²) in [6.45, 7) is 0. The van der Waals surface area contributed by atoms with Crippen LogP contribution in [0.25, 0.3) is 0 Å². The fourth-order valence-corrected chi connectivity index (χ4v) is 1.27. The second kappa shape index (κ2) is 4.67. The number of rotatable bonds is 2. The van der Waals surface area contributed by atoms with Crippen molar-refractivity contribution < 1.29 is 13.5 Å². The minimum Gasteiger partial charge on any atom is -0.436 e.